The molecule has 0 saturated carbocycles. The van der Waals surface area contributed by atoms with Crippen LogP contribution in [0, 0.1) is 0 Å². The van der Waals surface area contributed by atoms with Crippen LogP contribution in [0.15, 0.2) is 70.4 Å². The van der Waals surface area contributed by atoms with Crippen LogP contribution in [0.3, 0.4) is 0 Å². The number of hydrogen-bond donors (Lipinski definition) is 2. The molecular weight excluding hydrogens is 419 g/mol. The van der Waals surface area contributed by atoms with Gasteiger partial charge in [-0.25, -0.2) is 0 Å². The number of fused-ring (bicyclic) bond motifs is 2. The van der Waals surface area contributed by atoms with Crippen LogP contribution in [0.5, 0.6) is 5.75 Å². The molecule has 1 heterocycles. The van der Waals surface area contributed by atoms with Crippen molar-refractivity contribution in [1.82, 2.24) is 0 Å². The van der Waals surface area contributed by atoms with E-state index in [-0.39, 0.29) is 30.6 Å². The fourth-order valence-electron chi connectivity index (χ4n) is 3.05. The van der Waals surface area contributed by atoms with Gasteiger partial charge in [-0.2, -0.15) is 0 Å². The minimum absolute atomic E-state index is 0.106. The summed E-state index contributed by atoms with van der Waals surface area (Å²) in [5.41, 5.74) is 1.62. The first-order valence-electron chi connectivity index (χ1n) is 7.61. The van der Waals surface area contributed by atoms with Crippen LogP contribution in [0.25, 0.3) is 30.8 Å². The van der Waals surface area contributed by atoms with Gasteiger partial charge in [0.25, 0.3) is 0 Å². The van der Waals surface area contributed by atoms with Gasteiger partial charge in [-0.15, -0.1) is 0 Å². The van der Waals surface area contributed by atoms with Crippen molar-refractivity contribution in [3.8, 4) is 26.9 Å². The Hall–Kier alpha value is -2.44. The van der Waals surface area contributed by atoms with Crippen LogP contribution >= 0.6 is 0 Å². The van der Waals surface area contributed by atoms with Gasteiger partial charge in [-0.05, 0) is 0 Å². The van der Waals surface area contributed by atoms with E-state index in [1.165, 1.54) is 18.2 Å². The molecule has 1 aliphatic carbocycles. The monoisotopic (exact) mass is 432 g/mol. The molecule has 2 N–H and O–H groups in total. The molecule has 0 bridgehead atoms. The molecule has 26 heavy (non-hydrogen) atoms. The third-order valence-electron chi connectivity index (χ3n) is 4.11. The quantitative estimate of drug-likeness (QED) is 0.289. The molecule has 2 aromatic rings. The number of phenolic OH excluding ortho intramolecular Hbond substituents is 1. The zero-order valence-corrected chi connectivity index (χ0v) is 15.7. The molecule has 0 unspecified atom stereocenters. The molecule has 0 radical (unpaired) electrons. The van der Waals surface area contributed by atoms with Gasteiger partial charge in [0, 0.05) is 0 Å². The zero-order valence-electron chi connectivity index (χ0n) is 13.2. The van der Waals surface area contributed by atoms with Gasteiger partial charge in [-0.3, -0.25) is 0 Å². The van der Waals surface area contributed by atoms with Gasteiger partial charge in [-0.1, -0.05) is 0 Å². The van der Waals surface area contributed by atoms with Crippen LogP contribution < -0.4 is 5.43 Å². The van der Waals surface area contributed by atoms with Crippen LogP contribution in [-0.2, 0) is 10.1 Å². The zero-order chi connectivity index (χ0) is 18.5. The Bertz CT molecular complexity index is 1290. The van der Waals surface area contributed by atoms with Crippen molar-refractivity contribution < 1.29 is 18.1 Å². The first-order valence-corrected chi connectivity index (χ1v) is 10.8. The Kier molecular flexibility index (Phi) is 3.97. The van der Waals surface area contributed by atoms with Gasteiger partial charge < -0.3 is 0 Å². The van der Waals surface area contributed by atoms with Gasteiger partial charge >= 0.3 is 155 Å². The standard InChI is InChI=1S/C19H12O5SSe/c20-11-5-7-14-17(9-11)26-18-10-12(21)6-8-15(18)19(14)13-3-1-2-4-16(13)25(22,23)24/h1-10,20H,(H,22,23,24). The van der Waals surface area contributed by atoms with E-state index in [0.29, 0.717) is 11.1 Å². The summed E-state index contributed by atoms with van der Waals surface area (Å²) >= 11 is -0.208. The van der Waals surface area contributed by atoms with Crippen LogP contribution in [-0.4, -0.2) is 32.6 Å². The second-order valence-corrected chi connectivity index (χ2v) is 9.45. The van der Waals surface area contributed by atoms with E-state index >= 15 is 0 Å². The molecule has 5 nitrogen and oxygen atoms in total. The van der Waals surface area contributed by atoms with Gasteiger partial charge in [0.1, 0.15) is 0 Å². The molecule has 0 fully saturated rings. The predicted molar refractivity (Wildman–Crippen MR) is 101 cm³/mol. The fraction of sp³-hybridized carbons (Fsp3) is 0. The number of hydrogen-bond acceptors (Lipinski definition) is 4. The van der Waals surface area contributed by atoms with E-state index in [1.54, 1.807) is 42.5 Å². The maximum absolute atomic E-state index is 11.9. The Balaban J connectivity index is 2.24. The Morgan fingerprint density at radius 3 is 2.42 bits per heavy atom. The van der Waals surface area contributed by atoms with Crippen molar-refractivity contribution in [2.24, 2.45) is 0 Å². The van der Waals surface area contributed by atoms with E-state index in [2.05, 4.69) is 0 Å². The first-order chi connectivity index (χ1) is 12.3. The third kappa shape index (κ3) is 2.85. The van der Waals surface area contributed by atoms with E-state index in [1.807, 2.05) is 0 Å². The van der Waals surface area contributed by atoms with Crippen molar-refractivity contribution in [1.29, 1.82) is 0 Å². The van der Waals surface area contributed by atoms with E-state index in [4.69, 9.17) is 0 Å². The number of benzene rings is 3. The van der Waals surface area contributed by atoms with Gasteiger partial charge in [0.2, 0.25) is 0 Å². The second-order valence-electron chi connectivity index (χ2n) is 5.79. The Morgan fingerprint density at radius 2 is 1.65 bits per heavy atom. The second kappa shape index (κ2) is 6.07. The van der Waals surface area contributed by atoms with Crippen LogP contribution in [0.4, 0.5) is 0 Å². The molecule has 4 rings (SSSR count). The maximum atomic E-state index is 11.9. The summed E-state index contributed by atoms with van der Waals surface area (Å²) in [6, 6.07) is 15.8. The topological polar surface area (TPSA) is 91.7 Å². The molecule has 1 aliphatic heterocycles. The van der Waals surface area contributed by atoms with Gasteiger partial charge in [0.15, 0.2) is 0 Å². The molecule has 2 aliphatic rings. The summed E-state index contributed by atoms with van der Waals surface area (Å²) in [6.07, 6.45) is 0. The minimum atomic E-state index is -4.43. The van der Waals surface area contributed by atoms with Crippen molar-refractivity contribution in [3.63, 3.8) is 0 Å². The van der Waals surface area contributed by atoms with Crippen LogP contribution in [0.1, 0.15) is 0 Å². The van der Waals surface area contributed by atoms with E-state index < -0.39 is 10.1 Å². The Labute approximate surface area is 155 Å². The summed E-state index contributed by atoms with van der Waals surface area (Å²) in [6.45, 7) is 0. The number of rotatable bonds is 2. The average Bonchev–Trinajstić information content (AvgIpc) is 2.58. The summed E-state index contributed by atoms with van der Waals surface area (Å²) in [5.74, 6) is 0.106. The molecule has 0 saturated heterocycles. The summed E-state index contributed by atoms with van der Waals surface area (Å²) in [7, 11) is -4.43. The summed E-state index contributed by atoms with van der Waals surface area (Å²) in [5, 5.41) is 10.6. The van der Waals surface area contributed by atoms with E-state index in [0.717, 1.165) is 19.6 Å². The molecule has 0 atom stereocenters. The van der Waals surface area contributed by atoms with Crippen LogP contribution in [0.2, 0.25) is 0 Å². The normalized spacial score (nSPS) is 11.9. The molecule has 0 spiro atoms. The Morgan fingerprint density at radius 1 is 0.885 bits per heavy atom. The SMILES string of the molecule is O=c1ccc2c(-c3ccccc3S(=O)(=O)O)c3ccc(O)cc3[se]c-2c1. The number of aromatic hydroxyl groups is 1. The average molecular weight is 431 g/mol. The van der Waals surface area contributed by atoms with Crippen molar-refractivity contribution in [3.05, 3.63) is 70.9 Å². The molecule has 2 aromatic carbocycles. The van der Waals surface area contributed by atoms with E-state index in [9.17, 15) is 22.9 Å². The van der Waals surface area contributed by atoms with Crippen molar-refractivity contribution >= 4 is 34.3 Å². The molecular formula is C19H12O5SSe. The van der Waals surface area contributed by atoms with Crippen molar-refractivity contribution in [2.45, 2.75) is 4.90 Å². The third-order valence-corrected chi connectivity index (χ3v) is 7.36. The molecule has 0 aromatic heterocycles. The predicted octanol–water partition coefficient (Wildman–Crippen LogP) is 2.98. The number of phenols is 1. The molecule has 0 amide bonds. The molecule has 130 valence electrons. The summed E-state index contributed by atoms with van der Waals surface area (Å²) in [4.78, 5) is 11.6. The molecule has 7 heteroatoms. The van der Waals surface area contributed by atoms with Crippen molar-refractivity contribution in [2.75, 3.05) is 0 Å². The van der Waals surface area contributed by atoms with Gasteiger partial charge in [0.05, 0.1) is 0 Å². The summed E-state index contributed by atoms with van der Waals surface area (Å²) < 4.78 is 35.1. The fourth-order valence-corrected chi connectivity index (χ4v) is 6.16. The first kappa shape index (κ1) is 17.0.